The van der Waals surface area contributed by atoms with Gasteiger partial charge in [0.2, 0.25) is 0 Å². The number of hydrogen-bond acceptors (Lipinski definition) is 4. The van der Waals surface area contributed by atoms with Gasteiger partial charge in [-0.05, 0) is 55.9 Å². The highest BCUT2D eigenvalue weighted by Crippen LogP contribution is 2.28. The fourth-order valence-electron chi connectivity index (χ4n) is 3.60. The molecule has 2 atom stereocenters. The first-order chi connectivity index (χ1) is 11.8. The van der Waals surface area contributed by atoms with Crippen molar-refractivity contribution in [3.63, 3.8) is 0 Å². The zero-order valence-electron chi connectivity index (χ0n) is 15.3. The van der Waals surface area contributed by atoms with Crippen molar-refractivity contribution in [1.29, 1.82) is 0 Å². The molecule has 0 saturated heterocycles. The van der Waals surface area contributed by atoms with Crippen LogP contribution in [-0.2, 0) is 13.0 Å². The minimum absolute atomic E-state index is 0. The Morgan fingerprint density at radius 1 is 1.44 bits per heavy atom. The van der Waals surface area contributed by atoms with Gasteiger partial charge in [0, 0.05) is 42.3 Å². The maximum Gasteiger partial charge on any atom is 0.191 e. The average Bonchev–Trinajstić information content (AvgIpc) is 3.23. The van der Waals surface area contributed by atoms with Gasteiger partial charge in [0.15, 0.2) is 5.96 Å². The van der Waals surface area contributed by atoms with Crippen molar-refractivity contribution in [3.05, 3.63) is 21.9 Å². The van der Waals surface area contributed by atoms with Gasteiger partial charge < -0.3 is 10.6 Å². The van der Waals surface area contributed by atoms with Gasteiger partial charge in [0.05, 0.1) is 6.54 Å². The molecule has 0 spiro atoms. The highest BCUT2D eigenvalue weighted by Gasteiger charge is 2.24. The van der Waals surface area contributed by atoms with Gasteiger partial charge in [-0.2, -0.15) is 11.8 Å². The van der Waals surface area contributed by atoms with Gasteiger partial charge in [0.25, 0.3) is 0 Å². The Morgan fingerprint density at radius 3 is 3.08 bits per heavy atom. The maximum atomic E-state index is 4.81. The van der Waals surface area contributed by atoms with E-state index in [1.165, 1.54) is 37.8 Å². The van der Waals surface area contributed by atoms with Crippen molar-refractivity contribution in [1.82, 2.24) is 15.5 Å². The molecule has 1 aliphatic heterocycles. The van der Waals surface area contributed by atoms with Gasteiger partial charge in [-0.1, -0.05) is 0 Å². The molecular weight excluding hydrogens is 463 g/mol. The fourth-order valence-corrected chi connectivity index (χ4v) is 5.29. The van der Waals surface area contributed by atoms with Crippen molar-refractivity contribution in [2.75, 3.05) is 32.4 Å². The lowest BCUT2D eigenvalue weighted by Gasteiger charge is -2.26. The van der Waals surface area contributed by atoms with Gasteiger partial charge in [-0.3, -0.25) is 9.89 Å². The Bertz CT molecular complexity index is 549. The SMILES string of the molecule is CCNC(=NCCN1CCc2sccc2C1)NC1CCC(SC)C1.I. The Morgan fingerprint density at radius 2 is 2.32 bits per heavy atom. The van der Waals surface area contributed by atoms with Crippen LogP contribution in [0.1, 0.15) is 36.6 Å². The molecule has 1 aromatic heterocycles. The number of nitrogens with one attached hydrogen (secondary N) is 2. The highest BCUT2D eigenvalue weighted by molar-refractivity contribution is 14.0. The molecule has 2 aliphatic rings. The lowest BCUT2D eigenvalue weighted by molar-refractivity contribution is 0.263. The van der Waals surface area contributed by atoms with Gasteiger partial charge in [0.1, 0.15) is 0 Å². The lowest BCUT2D eigenvalue weighted by atomic mass is 10.1. The molecule has 1 aromatic rings. The number of fused-ring (bicyclic) bond motifs is 1. The molecule has 2 N–H and O–H groups in total. The molecule has 2 unspecified atom stereocenters. The molecule has 1 aliphatic carbocycles. The number of guanidine groups is 1. The fraction of sp³-hybridized carbons (Fsp3) is 0.722. The summed E-state index contributed by atoms with van der Waals surface area (Å²) in [6.45, 7) is 7.24. The second-order valence-electron chi connectivity index (χ2n) is 6.67. The number of nitrogens with zero attached hydrogens (tertiary/aromatic N) is 2. The third kappa shape index (κ3) is 6.29. The molecule has 0 bridgehead atoms. The van der Waals surface area contributed by atoms with E-state index in [-0.39, 0.29) is 24.0 Å². The van der Waals surface area contributed by atoms with Crippen LogP contribution >= 0.6 is 47.1 Å². The summed E-state index contributed by atoms with van der Waals surface area (Å²) < 4.78 is 0. The number of aliphatic imine (C=N–C) groups is 1. The first-order valence-corrected chi connectivity index (χ1v) is 11.3. The van der Waals surface area contributed by atoms with Crippen molar-refractivity contribution >= 4 is 53.0 Å². The predicted molar refractivity (Wildman–Crippen MR) is 123 cm³/mol. The van der Waals surface area contributed by atoms with Crippen LogP contribution in [-0.4, -0.2) is 54.6 Å². The lowest BCUT2D eigenvalue weighted by Crippen LogP contribution is -2.43. The van der Waals surface area contributed by atoms with E-state index < -0.39 is 0 Å². The van der Waals surface area contributed by atoms with E-state index in [1.54, 1.807) is 4.88 Å². The monoisotopic (exact) mass is 494 g/mol. The Labute approximate surface area is 177 Å². The molecule has 0 aromatic carbocycles. The third-order valence-electron chi connectivity index (χ3n) is 4.98. The molecule has 142 valence electrons. The first-order valence-electron chi connectivity index (χ1n) is 9.13. The molecule has 1 fully saturated rings. The molecule has 4 nitrogen and oxygen atoms in total. The summed E-state index contributed by atoms with van der Waals surface area (Å²) in [6, 6.07) is 2.87. The van der Waals surface area contributed by atoms with Gasteiger partial charge in [-0.25, -0.2) is 0 Å². The van der Waals surface area contributed by atoms with Gasteiger partial charge in [-0.15, -0.1) is 35.3 Å². The molecular formula is C18H31IN4S2. The van der Waals surface area contributed by atoms with Crippen LogP contribution in [0, 0.1) is 0 Å². The number of thioether (sulfide) groups is 1. The third-order valence-corrected chi connectivity index (χ3v) is 7.09. The van der Waals surface area contributed by atoms with Crippen LogP contribution in [0.5, 0.6) is 0 Å². The second kappa shape index (κ2) is 11.0. The molecule has 2 heterocycles. The minimum Gasteiger partial charge on any atom is -0.357 e. The average molecular weight is 495 g/mol. The van der Waals surface area contributed by atoms with Crippen molar-refractivity contribution in [2.24, 2.45) is 4.99 Å². The number of halogens is 1. The smallest absolute Gasteiger partial charge is 0.191 e. The van der Waals surface area contributed by atoms with E-state index in [0.29, 0.717) is 6.04 Å². The van der Waals surface area contributed by atoms with Crippen molar-refractivity contribution < 1.29 is 0 Å². The summed E-state index contributed by atoms with van der Waals surface area (Å²) in [5.74, 6) is 0.998. The van der Waals surface area contributed by atoms with Crippen LogP contribution < -0.4 is 10.6 Å². The van der Waals surface area contributed by atoms with E-state index in [4.69, 9.17) is 4.99 Å². The molecule has 25 heavy (non-hydrogen) atoms. The van der Waals surface area contributed by atoms with E-state index in [9.17, 15) is 0 Å². The van der Waals surface area contributed by atoms with Crippen LogP contribution in [0.3, 0.4) is 0 Å². The van der Waals surface area contributed by atoms with E-state index in [2.05, 4.69) is 40.2 Å². The number of rotatable bonds is 6. The number of thiophene rings is 1. The van der Waals surface area contributed by atoms with Crippen molar-refractivity contribution in [2.45, 2.75) is 50.4 Å². The van der Waals surface area contributed by atoms with E-state index >= 15 is 0 Å². The maximum absolute atomic E-state index is 4.81. The van der Waals surface area contributed by atoms with Crippen molar-refractivity contribution in [3.8, 4) is 0 Å². The zero-order valence-corrected chi connectivity index (χ0v) is 19.3. The Balaban J connectivity index is 0.00000225. The minimum atomic E-state index is 0. The van der Waals surface area contributed by atoms with Crippen LogP contribution in [0.2, 0.25) is 0 Å². The van der Waals surface area contributed by atoms with Crippen LogP contribution in [0.25, 0.3) is 0 Å². The predicted octanol–water partition coefficient (Wildman–Crippen LogP) is 3.56. The van der Waals surface area contributed by atoms with Crippen LogP contribution in [0.4, 0.5) is 0 Å². The molecule has 7 heteroatoms. The Hall–Kier alpha value is 0.01000. The standard InChI is InChI=1S/C18H30N4S2.HI/c1-3-19-18(21-15-4-5-16(12-15)23-2)20-8-10-22-9-6-17-14(13-22)7-11-24-17;/h7,11,15-16H,3-6,8-10,12-13H2,1-2H3,(H2,19,20,21);1H. The zero-order chi connectivity index (χ0) is 16.8. The highest BCUT2D eigenvalue weighted by atomic mass is 127. The molecule has 3 rings (SSSR count). The second-order valence-corrected chi connectivity index (χ2v) is 8.81. The summed E-state index contributed by atoms with van der Waals surface area (Å²) in [4.78, 5) is 8.92. The summed E-state index contributed by atoms with van der Waals surface area (Å²) in [7, 11) is 0. The van der Waals surface area contributed by atoms with Crippen LogP contribution in [0.15, 0.2) is 16.4 Å². The normalized spacial score (nSPS) is 23.8. The topological polar surface area (TPSA) is 39.7 Å². The quantitative estimate of drug-likeness (QED) is 0.361. The summed E-state index contributed by atoms with van der Waals surface area (Å²) in [5.41, 5.74) is 1.52. The Kier molecular flexibility index (Phi) is 9.37. The largest absolute Gasteiger partial charge is 0.357 e. The summed E-state index contributed by atoms with van der Waals surface area (Å²) in [5, 5.41) is 10.1. The molecule has 0 amide bonds. The van der Waals surface area contributed by atoms with Gasteiger partial charge >= 0.3 is 0 Å². The van der Waals surface area contributed by atoms with E-state index in [0.717, 1.165) is 37.4 Å². The number of hydrogen-bond donors (Lipinski definition) is 2. The molecule has 0 radical (unpaired) electrons. The first kappa shape index (κ1) is 21.3. The molecule has 1 saturated carbocycles. The van der Waals surface area contributed by atoms with E-state index in [1.807, 2.05) is 23.1 Å². The summed E-state index contributed by atoms with van der Waals surface area (Å²) >= 11 is 3.91. The summed E-state index contributed by atoms with van der Waals surface area (Å²) in [6.07, 6.45) is 7.29.